The van der Waals surface area contributed by atoms with Crippen LogP contribution in [0, 0.1) is 0 Å². The minimum atomic E-state index is -0.0891. The number of nitrogens with zero attached hydrogens (tertiary/aromatic N) is 1. The predicted octanol–water partition coefficient (Wildman–Crippen LogP) is 0.0482. The molecular weight excluding hydrogens is 130 g/mol. The molecule has 0 fully saturated rings. The summed E-state index contributed by atoms with van der Waals surface area (Å²) in [6.07, 6.45) is 3.53. The van der Waals surface area contributed by atoms with E-state index in [0.29, 0.717) is 0 Å². The van der Waals surface area contributed by atoms with Gasteiger partial charge >= 0.3 is 6.03 Å². The molecule has 0 aromatic heterocycles. The first-order chi connectivity index (χ1) is 4.75. The molecule has 2 N–H and O–H groups in total. The summed E-state index contributed by atoms with van der Waals surface area (Å²) in [6.45, 7) is 1.91. The number of rotatable bonds is 0. The van der Waals surface area contributed by atoms with E-state index in [2.05, 4.69) is 10.6 Å². The van der Waals surface area contributed by atoms with E-state index in [9.17, 15) is 4.79 Å². The van der Waals surface area contributed by atoms with Gasteiger partial charge in [-0.25, -0.2) is 4.79 Å². The summed E-state index contributed by atoms with van der Waals surface area (Å²) in [4.78, 5) is 12.5. The van der Waals surface area contributed by atoms with Crippen LogP contribution >= 0.6 is 0 Å². The number of hydrogen-bond donors (Lipinski definition) is 2. The molecule has 0 aromatic carbocycles. The molecule has 0 bridgehead atoms. The van der Waals surface area contributed by atoms with Gasteiger partial charge in [0.05, 0.1) is 0 Å². The van der Waals surface area contributed by atoms with Crippen molar-refractivity contribution >= 4 is 6.03 Å². The molecule has 4 heteroatoms. The van der Waals surface area contributed by atoms with Crippen LogP contribution < -0.4 is 10.6 Å². The standard InChI is InChI=1S/C6H11N3O/c1-5-8-3-4-9(5)6(10)7-2/h3-5,8H,1-2H3,(H,7,10). The van der Waals surface area contributed by atoms with Gasteiger partial charge in [-0.3, -0.25) is 4.90 Å². The third kappa shape index (κ3) is 1.05. The first kappa shape index (κ1) is 6.92. The van der Waals surface area contributed by atoms with Crippen LogP contribution in [0.15, 0.2) is 12.4 Å². The lowest BCUT2D eigenvalue weighted by molar-refractivity contribution is 0.206. The van der Waals surface area contributed by atoms with Crippen LogP contribution in [0.3, 0.4) is 0 Å². The van der Waals surface area contributed by atoms with Crippen molar-refractivity contribution in [3.63, 3.8) is 0 Å². The lowest BCUT2D eigenvalue weighted by atomic mass is 10.5. The largest absolute Gasteiger partial charge is 0.370 e. The van der Waals surface area contributed by atoms with E-state index in [0.717, 1.165) is 0 Å². The number of carbonyl (C=O) groups excluding carboxylic acids is 1. The Hall–Kier alpha value is -1.19. The zero-order valence-electron chi connectivity index (χ0n) is 6.09. The predicted molar refractivity (Wildman–Crippen MR) is 38.0 cm³/mol. The molecule has 1 unspecified atom stereocenters. The maximum Gasteiger partial charge on any atom is 0.322 e. The van der Waals surface area contributed by atoms with E-state index in [1.807, 2.05) is 6.92 Å². The fourth-order valence-corrected chi connectivity index (χ4v) is 0.845. The zero-order chi connectivity index (χ0) is 7.56. The molecule has 1 atom stereocenters. The molecule has 0 aromatic rings. The van der Waals surface area contributed by atoms with Gasteiger partial charge in [0.15, 0.2) is 0 Å². The smallest absolute Gasteiger partial charge is 0.322 e. The van der Waals surface area contributed by atoms with E-state index in [-0.39, 0.29) is 12.2 Å². The average molecular weight is 141 g/mol. The van der Waals surface area contributed by atoms with Crippen molar-refractivity contribution in [3.05, 3.63) is 12.4 Å². The molecule has 56 valence electrons. The monoisotopic (exact) mass is 141 g/mol. The van der Waals surface area contributed by atoms with Crippen LogP contribution in [0.25, 0.3) is 0 Å². The number of hydrogen-bond acceptors (Lipinski definition) is 2. The van der Waals surface area contributed by atoms with Gasteiger partial charge in [-0.05, 0) is 6.92 Å². The molecule has 4 nitrogen and oxygen atoms in total. The summed E-state index contributed by atoms with van der Waals surface area (Å²) in [5, 5.41) is 5.50. The third-order valence-corrected chi connectivity index (χ3v) is 1.44. The number of urea groups is 1. The van der Waals surface area contributed by atoms with Gasteiger partial charge in [-0.1, -0.05) is 0 Å². The van der Waals surface area contributed by atoms with Crippen LogP contribution in [0.2, 0.25) is 0 Å². The Morgan fingerprint density at radius 1 is 1.80 bits per heavy atom. The Kier molecular flexibility index (Phi) is 1.80. The van der Waals surface area contributed by atoms with Gasteiger partial charge in [0.25, 0.3) is 0 Å². The maximum absolute atomic E-state index is 10.9. The highest BCUT2D eigenvalue weighted by molar-refractivity contribution is 5.75. The SMILES string of the molecule is CNC(=O)N1C=CNC1C. The van der Waals surface area contributed by atoms with Crippen molar-refractivity contribution < 1.29 is 4.79 Å². The summed E-state index contributed by atoms with van der Waals surface area (Å²) in [7, 11) is 1.61. The molecule has 1 aliphatic heterocycles. The van der Waals surface area contributed by atoms with Crippen molar-refractivity contribution in [2.45, 2.75) is 13.1 Å². The lowest BCUT2D eigenvalue weighted by Crippen LogP contribution is -2.41. The topological polar surface area (TPSA) is 44.4 Å². The van der Waals surface area contributed by atoms with Crippen LogP contribution in [-0.4, -0.2) is 24.1 Å². The molecule has 0 aliphatic carbocycles. The van der Waals surface area contributed by atoms with Crippen LogP contribution in [0.4, 0.5) is 4.79 Å². The molecule has 1 heterocycles. The molecule has 2 amide bonds. The Labute approximate surface area is 59.9 Å². The Morgan fingerprint density at radius 2 is 2.50 bits per heavy atom. The lowest BCUT2D eigenvalue weighted by Gasteiger charge is -2.18. The van der Waals surface area contributed by atoms with Crippen molar-refractivity contribution in [2.75, 3.05) is 7.05 Å². The summed E-state index contributed by atoms with van der Waals surface area (Å²) in [5.74, 6) is 0. The first-order valence-corrected chi connectivity index (χ1v) is 3.18. The van der Waals surface area contributed by atoms with E-state index >= 15 is 0 Å². The van der Waals surface area contributed by atoms with Crippen LogP contribution in [0.5, 0.6) is 0 Å². The van der Waals surface area contributed by atoms with Crippen molar-refractivity contribution in [1.82, 2.24) is 15.5 Å². The molecule has 1 rings (SSSR count). The highest BCUT2D eigenvalue weighted by atomic mass is 16.2. The van der Waals surface area contributed by atoms with E-state index in [1.165, 1.54) is 0 Å². The van der Waals surface area contributed by atoms with Crippen molar-refractivity contribution in [2.24, 2.45) is 0 Å². The summed E-state index contributed by atoms with van der Waals surface area (Å²) >= 11 is 0. The molecule has 0 radical (unpaired) electrons. The second-order valence-corrected chi connectivity index (χ2v) is 2.12. The van der Waals surface area contributed by atoms with Crippen molar-refractivity contribution in [1.29, 1.82) is 0 Å². The van der Waals surface area contributed by atoms with E-state index < -0.39 is 0 Å². The summed E-state index contributed by atoms with van der Waals surface area (Å²) in [5.41, 5.74) is 0. The van der Waals surface area contributed by atoms with E-state index in [4.69, 9.17) is 0 Å². The molecule has 10 heavy (non-hydrogen) atoms. The molecule has 0 saturated heterocycles. The summed E-state index contributed by atoms with van der Waals surface area (Å²) < 4.78 is 0. The highest BCUT2D eigenvalue weighted by Crippen LogP contribution is 2.02. The number of amides is 2. The highest BCUT2D eigenvalue weighted by Gasteiger charge is 2.18. The first-order valence-electron chi connectivity index (χ1n) is 3.18. The fourth-order valence-electron chi connectivity index (χ4n) is 0.845. The van der Waals surface area contributed by atoms with Gasteiger partial charge in [0.2, 0.25) is 0 Å². The maximum atomic E-state index is 10.9. The normalized spacial score (nSPS) is 22.6. The minimum Gasteiger partial charge on any atom is -0.370 e. The fraction of sp³-hybridized carbons (Fsp3) is 0.500. The van der Waals surface area contributed by atoms with E-state index in [1.54, 1.807) is 24.3 Å². The van der Waals surface area contributed by atoms with Gasteiger partial charge in [0.1, 0.15) is 6.17 Å². The molecule has 0 saturated carbocycles. The summed E-state index contributed by atoms with van der Waals surface area (Å²) in [6, 6.07) is -0.0891. The molecular formula is C6H11N3O. The molecule has 0 spiro atoms. The van der Waals surface area contributed by atoms with Crippen molar-refractivity contribution in [3.8, 4) is 0 Å². The quantitative estimate of drug-likeness (QED) is 0.500. The minimum absolute atomic E-state index is 0.0694. The van der Waals surface area contributed by atoms with Gasteiger partial charge in [-0.2, -0.15) is 0 Å². The average Bonchev–Trinajstić information content (AvgIpc) is 2.34. The van der Waals surface area contributed by atoms with Gasteiger partial charge in [-0.15, -0.1) is 0 Å². The van der Waals surface area contributed by atoms with Gasteiger partial charge in [0, 0.05) is 19.4 Å². The zero-order valence-corrected chi connectivity index (χ0v) is 6.09. The number of nitrogens with one attached hydrogen (secondary N) is 2. The Morgan fingerprint density at radius 3 is 2.90 bits per heavy atom. The van der Waals surface area contributed by atoms with Gasteiger partial charge < -0.3 is 10.6 Å². The second kappa shape index (κ2) is 2.60. The third-order valence-electron chi connectivity index (χ3n) is 1.44. The Balaban J connectivity index is 2.55. The number of carbonyl (C=O) groups is 1. The molecule has 1 aliphatic rings. The second-order valence-electron chi connectivity index (χ2n) is 2.12. The Bertz CT molecular complexity index is 166. The van der Waals surface area contributed by atoms with Crippen LogP contribution in [-0.2, 0) is 0 Å². The van der Waals surface area contributed by atoms with Crippen LogP contribution in [0.1, 0.15) is 6.92 Å².